The van der Waals surface area contributed by atoms with Gasteiger partial charge in [-0.05, 0) is 36.2 Å². The average molecular weight is 407 g/mol. The summed E-state index contributed by atoms with van der Waals surface area (Å²) in [5, 5.41) is 9.82. The number of hydrogen-bond acceptors (Lipinski definition) is 5. The second kappa shape index (κ2) is 8.98. The van der Waals surface area contributed by atoms with Gasteiger partial charge in [0.1, 0.15) is 5.82 Å². The predicted octanol–water partition coefficient (Wildman–Crippen LogP) is 4.49. The molecule has 0 aliphatic heterocycles. The van der Waals surface area contributed by atoms with Gasteiger partial charge in [0.05, 0.1) is 17.1 Å². The first-order valence-electron chi connectivity index (χ1n) is 7.92. The SMILES string of the molecule is O=C(Cc1csc(Nc2ccc(Cl)cn2)n1)NCCc1ccc(Cl)cc1. The van der Waals surface area contributed by atoms with E-state index in [4.69, 9.17) is 23.2 Å². The Kier molecular flexibility index (Phi) is 6.44. The summed E-state index contributed by atoms with van der Waals surface area (Å²) in [6, 6.07) is 11.1. The molecule has 2 aromatic heterocycles. The Labute approximate surface area is 165 Å². The van der Waals surface area contributed by atoms with Crippen molar-refractivity contribution < 1.29 is 4.79 Å². The van der Waals surface area contributed by atoms with Crippen molar-refractivity contribution >= 4 is 51.4 Å². The number of rotatable bonds is 7. The van der Waals surface area contributed by atoms with Gasteiger partial charge in [-0.1, -0.05) is 35.3 Å². The molecule has 1 aromatic carbocycles. The number of amides is 1. The number of carbonyl (C=O) groups is 1. The van der Waals surface area contributed by atoms with Crippen LogP contribution in [-0.2, 0) is 17.6 Å². The Balaban J connectivity index is 1.45. The van der Waals surface area contributed by atoms with Crippen LogP contribution in [0.25, 0.3) is 0 Å². The Hall–Kier alpha value is -2.15. The zero-order valence-electron chi connectivity index (χ0n) is 13.7. The Morgan fingerprint density at radius 2 is 1.85 bits per heavy atom. The molecule has 0 bridgehead atoms. The highest BCUT2D eigenvalue weighted by molar-refractivity contribution is 7.13. The Morgan fingerprint density at radius 1 is 1.08 bits per heavy atom. The fourth-order valence-corrected chi connectivity index (χ4v) is 3.18. The fourth-order valence-electron chi connectivity index (χ4n) is 2.23. The Morgan fingerprint density at radius 3 is 2.58 bits per heavy atom. The summed E-state index contributed by atoms with van der Waals surface area (Å²) < 4.78 is 0. The molecule has 26 heavy (non-hydrogen) atoms. The van der Waals surface area contributed by atoms with Gasteiger partial charge in [-0.25, -0.2) is 9.97 Å². The molecule has 5 nitrogen and oxygen atoms in total. The summed E-state index contributed by atoms with van der Waals surface area (Å²) in [5.74, 6) is 0.600. The second-order valence-electron chi connectivity index (χ2n) is 5.53. The van der Waals surface area contributed by atoms with Gasteiger partial charge in [0.15, 0.2) is 5.13 Å². The number of halogens is 2. The second-order valence-corrected chi connectivity index (χ2v) is 7.26. The molecule has 0 saturated carbocycles. The van der Waals surface area contributed by atoms with E-state index in [-0.39, 0.29) is 12.3 Å². The lowest BCUT2D eigenvalue weighted by atomic mass is 10.1. The summed E-state index contributed by atoms with van der Waals surface area (Å²) in [7, 11) is 0. The van der Waals surface area contributed by atoms with E-state index in [1.807, 2.05) is 29.6 Å². The quantitative estimate of drug-likeness (QED) is 0.606. The van der Waals surface area contributed by atoms with Gasteiger partial charge in [-0.15, -0.1) is 11.3 Å². The van der Waals surface area contributed by atoms with Gasteiger partial charge >= 0.3 is 0 Å². The van der Waals surface area contributed by atoms with Gasteiger partial charge in [-0.3, -0.25) is 4.79 Å². The number of pyridine rings is 1. The zero-order valence-corrected chi connectivity index (χ0v) is 16.0. The number of hydrogen-bond donors (Lipinski definition) is 2. The van der Waals surface area contributed by atoms with Crippen molar-refractivity contribution in [3.05, 3.63) is 69.3 Å². The monoisotopic (exact) mass is 406 g/mol. The summed E-state index contributed by atoms with van der Waals surface area (Å²) in [5.41, 5.74) is 1.85. The molecule has 8 heteroatoms. The number of benzene rings is 1. The lowest BCUT2D eigenvalue weighted by Gasteiger charge is -2.04. The number of carbonyl (C=O) groups excluding carboxylic acids is 1. The van der Waals surface area contributed by atoms with Crippen molar-refractivity contribution in [2.24, 2.45) is 0 Å². The van der Waals surface area contributed by atoms with Crippen LogP contribution in [0.5, 0.6) is 0 Å². The standard InChI is InChI=1S/C18H16Cl2N4OS/c19-13-3-1-12(2-4-13)7-8-21-17(25)9-15-11-26-18(23-15)24-16-6-5-14(20)10-22-16/h1-6,10-11H,7-9H2,(H,21,25)(H,22,23,24). The smallest absolute Gasteiger partial charge is 0.226 e. The summed E-state index contributed by atoms with van der Waals surface area (Å²) in [6.45, 7) is 0.574. The van der Waals surface area contributed by atoms with E-state index in [0.717, 1.165) is 17.7 Å². The molecule has 2 heterocycles. The molecule has 0 radical (unpaired) electrons. The van der Waals surface area contributed by atoms with Crippen LogP contribution in [-0.4, -0.2) is 22.4 Å². The van der Waals surface area contributed by atoms with Crippen LogP contribution >= 0.6 is 34.5 Å². The molecule has 1 amide bonds. The van der Waals surface area contributed by atoms with Crippen molar-refractivity contribution in [2.75, 3.05) is 11.9 Å². The zero-order chi connectivity index (χ0) is 18.4. The first-order valence-corrected chi connectivity index (χ1v) is 9.56. The van der Waals surface area contributed by atoms with Crippen LogP contribution in [0.1, 0.15) is 11.3 Å². The van der Waals surface area contributed by atoms with Crippen molar-refractivity contribution in [1.82, 2.24) is 15.3 Å². The predicted molar refractivity (Wildman–Crippen MR) is 107 cm³/mol. The largest absolute Gasteiger partial charge is 0.355 e. The van der Waals surface area contributed by atoms with E-state index in [2.05, 4.69) is 20.6 Å². The molecular formula is C18H16Cl2N4OS. The third kappa shape index (κ3) is 5.69. The normalized spacial score (nSPS) is 10.5. The van der Waals surface area contributed by atoms with Crippen LogP contribution < -0.4 is 10.6 Å². The maximum atomic E-state index is 12.0. The summed E-state index contributed by atoms with van der Waals surface area (Å²) in [6.07, 6.45) is 2.56. The molecule has 2 N–H and O–H groups in total. The molecule has 0 saturated heterocycles. The number of aromatic nitrogens is 2. The molecule has 0 unspecified atom stereocenters. The Bertz CT molecular complexity index is 866. The maximum Gasteiger partial charge on any atom is 0.226 e. The van der Waals surface area contributed by atoms with Gasteiger partial charge in [0, 0.05) is 23.1 Å². The molecule has 0 fully saturated rings. The van der Waals surface area contributed by atoms with E-state index < -0.39 is 0 Å². The lowest BCUT2D eigenvalue weighted by molar-refractivity contribution is -0.120. The van der Waals surface area contributed by atoms with Crippen LogP contribution in [0.2, 0.25) is 10.0 Å². The minimum Gasteiger partial charge on any atom is -0.355 e. The van der Waals surface area contributed by atoms with E-state index in [1.54, 1.807) is 18.3 Å². The van der Waals surface area contributed by atoms with Crippen molar-refractivity contribution in [3.8, 4) is 0 Å². The molecule has 3 aromatic rings. The van der Waals surface area contributed by atoms with Gasteiger partial charge in [-0.2, -0.15) is 0 Å². The van der Waals surface area contributed by atoms with Crippen LogP contribution in [0.15, 0.2) is 48.0 Å². The molecule has 0 aliphatic rings. The molecule has 0 aliphatic carbocycles. The average Bonchev–Trinajstić information content (AvgIpc) is 3.05. The van der Waals surface area contributed by atoms with E-state index >= 15 is 0 Å². The highest BCUT2D eigenvalue weighted by Crippen LogP contribution is 2.20. The summed E-state index contributed by atoms with van der Waals surface area (Å²) >= 11 is 13.1. The van der Waals surface area contributed by atoms with E-state index in [1.165, 1.54) is 11.3 Å². The number of thiazole rings is 1. The topological polar surface area (TPSA) is 66.9 Å². The van der Waals surface area contributed by atoms with Gasteiger partial charge in [0.25, 0.3) is 0 Å². The first kappa shape index (κ1) is 18.6. The highest BCUT2D eigenvalue weighted by Gasteiger charge is 2.08. The van der Waals surface area contributed by atoms with Crippen LogP contribution in [0, 0.1) is 0 Å². The molecule has 0 spiro atoms. The maximum absolute atomic E-state index is 12.0. The molecule has 0 atom stereocenters. The summed E-state index contributed by atoms with van der Waals surface area (Å²) in [4.78, 5) is 20.6. The number of nitrogens with one attached hydrogen (secondary N) is 2. The van der Waals surface area contributed by atoms with Crippen LogP contribution in [0.3, 0.4) is 0 Å². The molecule has 134 valence electrons. The van der Waals surface area contributed by atoms with Gasteiger partial charge < -0.3 is 10.6 Å². The third-order valence-electron chi connectivity index (χ3n) is 3.50. The van der Waals surface area contributed by atoms with E-state index in [9.17, 15) is 4.79 Å². The van der Waals surface area contributed by atoms with Crippen molar-refractivity contribution in [1.29, 1.82) is 0 Å². The molecule has 3 rings (SSSR count). The minimum absolute atomic E-state index is 0.0552. The lowest BCUT2D eigenvalue weighted by Crippen LogP contribution is -2.27. The fraction of sp³-hybridized carbons (Fsp3) is 0.167. The molecular weight excluding hydrogens is 391 g/mol. The minimum atomic E-state index is -0.0552. The van der Waals surface area contributed by atoms with Crippen molar-refractivity contribution in [3.63, 3.8) is 0 Å². The van der Waals surface area contributed by atoms with Crippen molar-refractivity contribution in [2.45, 2.75) is 12.8 Å². The van der Waals surface area contributed by atoms with E-state index in [0.29, 0.717) is 27.5 Å². The first-order chi connectivity index (χ1) is 12.6. The number of nitrogens with zero attached hydrogens (tertiary/aromatic N) is 2. The highest BCUT2D eigenvalue weighted by atomic mass is 35.5. The third-order valence-corrected chi connectivity index (χ3v) is 4.79. The number of anilines is 2. The van der Waals surface area contributed by atoms with Crippen LogP contribution in [0.4, 0.5) is 10.9 Å². The van der Waals surface area contributed by atoms with Gasteiger partial charge in [0.2, 0.25) is 5.91 Å².